The van der Waals surface area contributed by atoms with Crippen LogP contribution in [0.25, 0.3) is 11.2 Å². The SMILES string of the molecule is CCN(CC)c1ncnc2c1ncn2[C@H]1O[C@@H](CO)[C@@H](O)[C@@H]1O. The lowest BCUT2D eigenvalue weighted by Gasteiger charge is -2.20. The Hall–Kier alpha value is -1.81. The lowest BCUT2D eigenvalue weighted by molar-refractivity contribution is -0.0511. The normalized spacial score (nSPS) is 27.7. The summed E-state index contributed by atoms with van der Waals surface area (Å²) in [6, 6.07) is 0. The van der Waals surface area contributed by atoms with Gasteiger partial charge in [-0.15, -0.1) is 0 Å². The molecule has 0 aromatic carbocycles. The first-order chi connectivity index (χ1) is 11.1. The molecule has 3 heterocycles. The molecule has 0 aliphatic carbocycles. The molecule has 23 heavy (non-hydrogen) atoms. The van der Waals surface area contributed by atoms with E-state index in [1.807, 2.05) is 13.8 Å². The van der Waals surface area contributed by atoms with Crippen molar-refractivity contribution in [3.63, 3.8) is 0 Å². The van der Waals surface area contributed by atoms with Gasteiger partial charge in [-0.3, -0.25) is 4.57 Å². The van der Waals surface area contributed by atoms with Crippen molar-refractivity contribution in [2.75, 3.05) is 24.6 Å². The Morgan fingerprint density at radius 3 is 2.52 bits per heavy atom. The Bertz CT molecular complexity index is 674. The summed E-state index contributed by atoms with van der Waals surface area (Å²) < 4.78 is 7.10. The molecule has 126 valence electrons. The standard InChI is InChI=1S/C14H21N5O4/c1-3-18(4-2)12-9-13(16-6-15-12)19(7-17-9)14-11(22)10(21)8(5-20)23-14/h6-8,10-11,14,20-22H,3-5H2,1-2H3/t8-,10+,11-,14-/m0/s1. The first-order valence-electron chi connectivity index (χ1n) is 7.67. The number of imidazole rings is 1. The Kier molecular flexibility index (Phi) is 4.44. The number of hydrogen-bond acceptors (Lipinski definition) is 8. The van der Waals surface area contributed by atoms with E-state index in [4.69, 9.17) is 4.74 Å². The third-order valence-electron chi connectivity index (χ3n) is 4.19. The highest BCUT2D eigenvalue weighted by Crippen LogP contribution is 2.32. The molecule has 0 radical (unpaired) electrons. The molecule has 0 unspecified atom stereocenters. The molecular formula is C14H21N5O4. The summed E-state index contributed by atoms with van der Waals surface area (Å²) in [4.78, 5) is 14.9. The third kappa shape index (κ3) is 2.55. The second-order valence-corrected chi connectivity index (χ2v) is 5.42. The largest absolute Gasteiger partial charge is 0.394 e. The summed E-state index contributed by atoms with van der Waals surface area (Å²) in [5.41, 5.74) is 1.12. The molecule has 1 aliphatic heterocycles. The van der Waals surface area contributed by atoms with Crippen LogP contribution in [0.2, 0.25) is 0 Å². The summed E-state index contributed by atoms with van der Waals surface area (Å²) in [7, 11) is 0. The van der Waals surface area contributed by atoms with Gasteiger partial charge >= 0.3 is 0 Å². The van der Waals surface area contributed by atoms with Crippen molar-refractivity contribution in [3.05, 3.63) is 12.7 Å². The highest BCUT2D eigenvalue weighted by Gasteiger charge is 2.44. The summed E-state index contributed by atoms with van der Waals surface area (Å²) in [5, 5.41) is 29.3. The van der Waals surface area contributed by atoms with E-state index in [1.54, 1.807) is 4.57 Å². The van der Waals surface area contributed by atoms with Crippen molar-refractivity contribution in [2.24, 2.45) is 0 Å². The molecule has 0 bridgehead atoms. The Morgan fingerprint density at radius 2 is 1.91 bits per heavy atom. The fourth-order valence-electron chi connectivity index (χ4n) is 2.89. The molecule has 0 spiro atoms. The van der Waals surface area contributed by atoms with E-state index in [9.17, 15) is 15.3 Å². The number of fused-ring (bicyclic) bond motifs is 1. The number of rotatable bonds is 5. The van der Waals surface area contributed by atoms with Crippen molar-refractivity contribution in [2.45, 2.75) is 38.4 Å². The van der Waals surface area contributed by atoms with Gasteiger partial charge in [0.05, 0.1) is 12.9 Å². The van der Waals surface area contributed by atoms with E-state index in [1.165, 1.54) is 12.7 Å². The lowest BCUT2D eigenvalue weighted by Crippen LogP contribution is -2.33. The summed E-state index contributed by atoms with van der Waals surface area (Å²) in [5.74, 6) is 0.713. The highest BCUT2D eigenvalue weighted by atomic mass is 16.6. The molecule has 2 aromatic rings. The predicted octanol–water partition coefficient (Wildman–Crippen LogP) is -0.716. The zero-order valence-electron chi connectivity index (χ0n) is 13.1. The number of aliphatic hydroxyl groups is 3. The average molecular weight is 323 g/mol. The molecule has 1 saturated heterocycles. The van der Waals surface area contributed by atoms with Gasteiger partial charge in [0.15, 0.2) is 23.2 Å². The number of nitrogens with zero attached hydrogens (tertiary/aromatic N) is 5. The third-order valence-corrected chi connectivity index (χ3v) is 4.19. The first kappa shape index (κ1) is 16.1. The lowest BCUT2D eigenvalue weighted by atomic mass is 10.1. The van der Waals surface area contributed by atoms with E-state index in [2.05, 4.69) is 19.9 Å². The van der Waals surface area contributed by atoms with Crippen molar-refractivity contribution < 1.29 is 20.1 Å². The van der Waals surface area contributed by atoms with Crippen LogP contribution in [0.3, 0.4) is 0 Å². The topological polar surface area (TPSA) is 117 Å². The fraction of sp³-hybridized carbons (Fsp3) is 0.643. The minimum absolute atomic E-state index is 0.374. The van der Waals surface area contributed by atoms with Crippen LogP contribution >= 0.6 is 0 Å². The van der Waals surface area contributed by atoms with E-state index in [-0.39, 0.29) is 6.61 Å². The molecule has 9 nitrogen and oxygen atoms in total. The molecule has 3 rings (SSSR count). The van der Waals surface area contributed by atoms with Gasteiger partial charge in [-0.05, 0) is 13.8 Å². The van der Waals surface area contributed by atoms with Gasteiger partial charge in [0.1, 0.15) is 24.6 Å². The molecule has 0 amide bonds. The number of anilines is 1. The van der Waals surface area contributed by atoms with Crippen LogP contribution in [0.15, 0.2) is 12.7 Å². The minimum Gasteiger partial charge on any atom is -0.394 e. The average Bonchev–Trinajstić information content (AvgIpc) is 3.11. The van der Waals surface area contributed by atoms with Gasteiger partial charge in [-0.2, -0.15) is 0 Å². The predicted molar refractivity (Wildman–Crippen MR) is 81.9 cm³/mol. The first-order valence-corrected chi connectivity index (χ1v) is 7.67. The van der Waals surface area contributed by atoms with Crippen molar-refractivity contribution in [1.82, 2.24) is 19.5 Å². The Morgan fingerprint density at radius 1 is 1.17 bits per heavy atom. The second-order valence-electron chi connectivity index (χ2n) is 5.42. The molecule has 0 saturated carbocycles. The maximum Gasteiger partial charge on any atom is 0.167 e. The highest BCUT2D eigenvalue weighted by molar-refractivity contribution is 5.83. The summed E-state index contributed by atoms with van der Waals surface area (Å²) >= 11 is 0. The van der Waals surface area contributed by atoms with Gasteiger partial charge in [0.2, 0.25) is 0 Å². The molecule has 9 heteroatoms. The van der Waals surface area contributed by atoms with E-state index < -0.39 is 24.5 Å². The van der Waals surface area contributed by atoms with Gasteiger partial charge in [0, 0.05) is 13.1 Å². The smallest absolute Gasteiger partial charge is 0.167 e. The van der Waals surface area contributed by atoms with E-state index in [0.717, 1.165) is 13.1 Å². The van der Waals surface area contributed by atoms with Crippen LogP contribution < -0.4 is 4.90 Å². The quantitative estimate of drug-likeness (QED) is 0.660. The number of aliphatic hydroxyl groups excluding tert-OH is 3. The van der Waals surface area contributed by atoms with Crippen LogP contribution in [0.5, 0.6) is 0 Å². The van der Waals surface area contributed by atoms with Crippen LogP contribution in [0, 0.1) is 0 Å². The van der Waals surface area contributed by atoms with Crippen molar-refractivity contribution in [1.29, 1.82) is 0 Å². The van der Waals surface area contributed by atoms with Gasteiger partial charge in [0.25, 0.3) is 0 Å². The van der Waals surface area contributed by atoms with E-state index >= 15 is 0 Å². The Labute approximate surface area is 133 Å². The molecule has 1 fully saturated rings. The molecule has 3 N–H and O–H groups in total. The Balaban J connectivity index is 2.02. The zero-order valence-corrected chi connectivity index (χ0v) is 13.1. The molecular weight excluding hydrogens is 302 g/mol. The summed E-state index contributed by atoms with van der Waals surface area (Å²) in [6.45, 7) is 5.24. The fourth-order valence-corrected chi connectivity index (χ4v) is 2.89. The van der Waals surface area contributed by atoms with Gasteiger partial charge in [-0.1, -0.05) is 0 Å². The molecule has 1 aliphatic rings. The maximum atomic E-state index is 10.2. The van der Waals surface area contributed by atoms with Gasteiger partial charge in [-0.25, -0.2) is 15.0 Å². The van der Waals surface area contributed by atoms with Crippen LogP contribution in [-0.4, -0.2) is 72.8 Å². The van der Waals surface area contributed by atoms with E-state index in [0.29, 0.717) is 17.0 Å². The van der Waals surface area contributed by atoms with Crippen LogP contribution in [0.1, 0.15) is 20.1 Å². The molecule has 2 aromatic heterocycles. The number of ether oxygens (including phenoxy) is 1. The minimum atomic E-state index is -1.17. The van der Waals surface area contributed by atoms with Crippen molar-refractivity contribution in [3.8, 4) is 0 Å². The molecule has 4 atom stereocenters. The zero-order chi connectivity index (χ0) is 16.6. The monoisotopic (exact) mass is 323 g/mol. The van der Waals surface area contributed by atoms with Gasteiger partial charge < -0.3 is 25.0 Å². The van der Waals surface area contributed by atoms with Crippen LogP contribution in [0.4, 0.5) is 5.82 Å². The maximum absolute atomic E-state index is 10.2. The van der Waals surface area contributed by atoms with Crippen molar-refractivity contribution >= 4 is 17.0 Å². The number of hydrogen-bond donors (Lipinski definition) is 3. The van der Waals surface area contributed by atoms with Crippen LogP contribution in [-0.2, 0) is 4.74 Å². The number of aromatic nitrogens is 4. The summed E-state index contributed by atoms with van der Waals surface area (Å²) in [6.07, 6.45) is -1.08. The second kappa shape index (κ2) is 6.36.